The number of carbonyl (C=O) groups excluding carboxylic acids is 3. The van der Waals surface area contributed by atoms with E-state index >= 15 is 0 Å². The van der Waals surface area contributed by atoms with Gasteiger partial charge in [-0.1, -0.05) is 47.7 Å². The van der Waals surface area contributed by atoms with Gasteiger partial charge in [-0.3, -0.25) is 10.1 Å². The number of anilines is 1. The molecule has 2 aromatic rings. The van der Waals surface area contributed by atoms with Crippen molar-refractivity contribution in [3.63, 3.8) is 0 Å². The number of hydrogen-bond acceptors (Lipinski definition) is 5. The van der Waals surface area contributed by atoms with Gasteiger partial charge >= 0.3 is 12.0 Å². The van der Waals surface area contributed by atoms with Crippen LogP contribution in [0.4, 0.5) is 10.5 Å². The van der Waals surface area contributed by atoms with E-state index in [1.807, 2.05) is 56.3 Å². The molecule has 0 atom stereocenters. The predicted molar refractivity (Wildman–Crippen MR) is 105 cm³/mol. The smallest absolute Gasteiger partial charge is 0.331 e. The normalized spacial score (nSPS) is 10.4. The highest BCUT2D eigenvalue weighted by molar-refractivity contribution is 8.02. The largest absolute Gasteiger partial charge is 0.452 e. The van der Waals surface area contributed by atoms with Crippen LogP contribution in [0.1, 0.15) is 11.1 Å². The molecular formula is C20H20N2O4S. The molecule has 0 saturated heterocycles. The van der Waals surface area contributed by atoms with Crippen LogP contribution in [0.5, 0.6) is 0 Å². The van der Waals surface area contributed by atoms with Gasteiger partial charge in [0.1, 0.15) is 0 Å². The Kier molecular flexibility index (Phi) is 7.63. The van der Waals surface area contributed by atoms with Crippen molar-refractivity contribution in [3.05, 3.63) is 71.1 Å². The molecule has 6 nitrogen and oxygen atoms in total. The summed E-state index contributed by atoms with van der Waals surface area (Å²) in [6, 6.07) is 14.3. The molecule has 2 rings (SSSR count). The van der Waals surface area contributed by atoms with Crippen molar-refractivity contribution in [2.75, 3.05) is 11.9 Å². The first-order chi connectivity index (χ1) is 12.9. The van der Waals surface area contributed by atoms with E-state index in [-0.39, 0.29) is 0 Å². The fourth-order valence-electron chi connectivity index (χ4n) is 2.12. The van der Waals surface area contributed by atoms with E-state index in [0.717, 1.165) is 16.0 Å². The third-order valence-corrected chi connectivity index (χ3v) is 4.20. The van der Waals surface area contributed by atoms with Gasteiger partial charge in [-0.2, -0.15) is 0 Å². The average Bonchev–Trinajstić information content (AvgIpc) is 2.63. The highest BCUT2D eigenvalue weighted by atomic mass is 32.2. The predicted octanol–water partition coefficient (Wildman–Crippen LogP) is 3.80. The van der Waals surface area contributed by atoms with Crippen LogP contribution in [0.3, 0.4) is 0 Å². The Labute approximate surface area is 162 Å². The van der Waals surface area contributed by atoms with Crippen molar-refractivity contribution in [1.29, 1.82) is 0 Å². The van der Waals surface area contributed by atoms with Gasteiger partial charge in [-0.05, 0) is 43.0 Å². The lowest BCUT2D eigenvalue weighted by Gasteiger charge is -2.09. The summed E-state index contributed by atoms with van der Waals surface area (Å²) in [6.07, 6.45) is 1.22. The molecule has 2 N–H and O–H groups in total. The molecule has 27 heavy (non-hydrogen) atoms. The summed E-state index contributed by atoms with van der Waals surface area (Å²) < 4.78 is 4.80. The van der Waals surface area contributed by atoms with Crippen LogP contribution in [0, 0.1) is 13.8 Å². The second kappa shape index (κ2) is 10.2. The minimum absolute atomic E-state index is 0.542. The summed E-state index contributed by atoms with van der Waals surface area (Å²) >= 11 is 1.35. The summed E-state index contributed by atoms with van der Waals surface area (Å²) in [7, 11) is 0. The second-order valence-corrected chi connectivity index (χ2v) is 6.64. The van der Waals surface area contributed by atoms with Crippen molar-refractivity contribution in [1.82, 2.24) is 5.32 Å². The maximum atomic E-state index is 11.8. The molecule has 140 valence electrons. The fraction of sp³-hybridized carbons (Fsp3) is 0.150. The van der Waals surface area contributed by atoms with E-state index in [9.17, 15) is 14.4 Å². The van der Waals surface area contributed by atoms with Gasteiger partial charge in [0.15, 0.2) is 6.61 Å². The van der Waals surface area contributed by atoms with E-state index in [1.165, 1.54) is 17.8 Å². The number of esters is 1. The number of rotatable bonds is 6. The lowest BCUT2D eigenvalue weighted by molar-refractivity contribution is -0.143. The minimum atomic E-state index is -0.713. The Morgan fingerprint density at radius 2 is 1.81 bits per heavy atom. The summed E-state index contributed by atoms with van der Waals surface area (Å²) in [6.45, 7) is 3.26. The molecule has 7 heteroatoms. The van der Waals surface area contributed by atoms with Crippen molar-refractivity contribution in [2.45, 2.75) is 18.7 Å². The van der Waals surface area contributed by atoms with Crippen molar-refractivity contribution >= 4 is 35.4 Å². The van der Waals surface area contributed by atoms with Gasteiger partial charge in [0, 0.05) is 16.7 Å². The topological polar surface area (TPSA) is 84.5 Å². The number of carbonyl (C=O) groups is 3. The van der Waals surface area contributed by atoms with E-state index in [0.29, 0.717) is 5.69 Å². The number of aryl methyl sites for hydroxylation is 2. The molecule has 0 saturated carbocycles. The SMILES string of the molecule is Cc1ccc(NC(=O)NC(=O)COC(=O)/C=C/Sc2ccccc2)c(C)c1. The average molecular weight is 384 g/mol. The van der Waals surface area contributed by atoms with Crippen molar-refractivity contribution in [2.24, 2.45) is 0 Å². The molecule has 0 aromatic heterocycles. The lowest BCUT2D eigenvalue weighted by Crippen LogP contribution is -2.37. The summed E-state index contributed by atoms with van der Waals surface area (Å²) in [5.74, 6) is -1.38. The lowest BCUT2D eigenvalue weighted by atomic mass is 10.1. The van der Waals surface area contributed by atoms with Crippen molar-refractivity contribution in [3.8, 4) is 0 Å². The molecule has 0 heterocycles. The van der Waals surface area contributed by atoms with Gasteiger partial charge in [0.25, 0.3) is 5.91 Å². The molecular weight excluding hydrogens is 364 g/mol. The molecule has 0 spiro atoms. The third-order valence-electron chi connectivity index (χ3n) is 3.38. The number of imide groups is 1. The maximum absolute atomic E-state index is 11.8. The van der Waals surface area contributed by atoms with Gasteiger partial charge in [0.05, 0.1) is 0 Å². The molecule has 0 radical (unpaired) electrons. The van der Waals surface area contributed by atoms with Crippen LogP contribution in [-0.4, -0.2) is 24.5 Å². The van der Waals surface area contributed by atoms with Crippen molar-refractivity contribution < 1.29 is 19.1 Å². The number of nitrogens with one attached hydrogen (secondary N) is 2. The highest BCUT2D eigenvalue weighted by Gasteiger charge is 2.11. The zero-order chi connectivity index (χ0) is 19.6. The Morgan fingerprint density at radius 3 is 2.52 bits per heavy atom. The Hall–Kier alpha value is -3.06. The first-order valence-corrected chi connectivity index (χ1v) is 9.05. The van der Waals surface area contributed by atoms with Crippen LogP contribution in [-0.2, 0) is 14.3 Å². The number of thioether (sulfide) groups is 1. The fourth-order valence-corrected chi connectivity index (χ4v) is 2.77. The van der Waals surface area contributed by atoms with Crippen LogP contribution >= 0.6 is 11.8 Å². The van der Waals surface area contributed by atoms with Gasteiger partial charge < -0.3 is 10.1 Å². The first-order valence-electron chi connectivity index (χ1n) is 8.17. The molecule has 3 amide bonds. The molecule has 0 bridgehead atoms. The summed E-state index contributed by atoms with van der Waals surface area (Å²) in [5, 5.41) is 6.26. The molecule has 0 unspecified atom stereocenters. The Bertz CT molecular complexity index is 850. The van der Waals surface area contributed by atoms with Gasteiger partial charge in [-0.25, -0.2) is 9.59 Å². The number of benzene rings is 2. The van der Waals surface area contributed by atoms with Crippen LogP contribution in [0.25, 0.3) is 0 Å². The quantitative estimate of drug-likeness (QED) is 0.450. The number of amides is 3. The van der Waals surface area contributed by atoms with E-state index in [1.54, 1.807) is 11.5 Å². The molecule has 2 aromatic carbocycles. The first kappa shape index (κ1) is 20.3. The van der Waals surface area contributed by atoms with E-state index in [4.69, 9.17) is 4.74 Å². The summed E-state index contributed by atoms with van der Waals surface area (Å²) in [4.78, 5) is 36.1. The maximum Gasteiger partial charge on any atom is 0.331 e. The highest BCUT2D eigenvalue weighted by Crippen LogP contribution is 2.18. The van der Waals surface area contributed by atoms with E-state index < -0.39 is 24.5 Å². The van der Waals surface area contributed by atoms with Crippen LogP contribution in [0.15, 0.2) is 64.9 Å². The molecule has 0 aliphatic carbocycles. The molecule has 0 aliphatic heterocycles. The number of ether oxygens (including phenoxy) is 1. The monoisotopic (exact) mass is 384 g/mol. The van der Waals surface area contributed by atoms with Crippen LogP contribution < -0.4 is 10.6 Å². The third kappa shape index (κ3) is 7.37. The zero-order valence-electron chi connectivity index (χ0n) is 15.0. The van der Waals surface area contributed by atoms with Gasteiger partial charge in [-0.15, -0.1) is 0 Å². The zero-order valence-corrected chi connectivity index (χ0v) is 15.8. The molecule has 0 fully saturated rings. The standard InChI is InChI=1S/C20H20N2O4S/c1-14-8-9-17(15(2)12-14)21-20(25)22-18(23)13-26-19(24)10-11-27-16-6-4-3-5-7-16/h3-12H,13H2,1-2H3,(H2,21,22,23,25)/b11-10+. The molecule has 0 aliphatic rings. The van der Waals surface area contributed by atoms with Crippen LogP contribution in [0.2, 0.25) is 0 Å². The van der Waals surface area contributed by atoms with E-state index in [2.05, 4.69) is 10.6 Å². The summed E-state index contributed by atoms with van der Waals surface area (Å²) in [5.41, 5.74) is 2.55. The Morgan fingerprint density at radius 1 is 1.07 bits per heavy atom. The van der Waals surface area contributed by atoms with Gasteiger partial charge in [0.2, 0.25) is 0 Å². The second-order valence-electron chi connectivity index (χ2n) is 5.66. The number of hydrogen-bond donors (Lipinski definition) is 2. The minimum Gasteiger partial charge on any atom is -0.452 e. The Balaban J connectivity index is 1.71. The number of urea groups is 1.